The number of thiazole rings is 1. The molecule has 7 nitrogen and oxygen atoms in total. The lowest BCUT2D eigenvalue weighted by molar-refractivity contribution is 0.0938. The van der Waals surface area contributed by atoms with Crippen molar-refractivity contribution in [2.75, 3.05) is 19.8 Å². The molecule has 3 aromatic rings. The van der Waals surface area contributed by atoms with Crippen molar-refractivity contribution in [2.24, 2.45) is 10.9 Å². The largest absolute Gasteiger partial charge is 0.493 e. The Morgan fingerprint density at radius 1 is 1.28 bits per heavy atom. The Bertz CT molecular complexity index is 1260. The molecule has 1 amide bonds. The summed E-state index contributed by atoms with van der Waals surface area (Å²) in [5.41, 5.74) is 1.41. The molecule has 1 N–H and O–H groups in total. The maximum Gasteiger partial charge on any atom is 0.278 e. The molecule has 1 aliphatic heterocycles. The summed E-state index contributed by atoms with van der Waals surface area (Å²) in [6.07, 6.45) is 5.84. The molecule has 9 heteroatoms. The predicted octanol–water partition coefficient (Wildman–Crippen LogP) is 5.91. The fraction of sp³-hybridized carbons (Fsp3) is 0.370. The molecule has 5 rings (SSSR count). The van der Waals surface area contributed by atoms with E-state index in [9.17, 15) is 4.79 Å². The van der Waals surface area contributed by atoms with Gasteiger partial charge >= 0.3 is 0 Å². The summed E-state index contributed by atoms with van der Waals surface area (Å²) in [4.78, 5) is 22.5. The van der Waals surface area contributed by atoms with Crippen LogP contribution in [0.25, 0.3) is 0 Å². The highest BCUT2D eigenvalue weighted by Gasteiger charge is 2.22. The van der Waals surface area contributed by atoms with E-state index in [-0.39, 0.29) is 11.9 Å². The number of benzene rings is 2. The average Bonchev–Trinajstić information content (AvgIpc) is 3.34. The summed E-state index contributed by atoms with van der Waals surface area (Å²) in [5, 5.41) is 4.09. The lowest BCUT2D eigenvalue weighted by Gasteiger charge is -2.14. The van der Waals surface area contributed by atoms with E-state index in [4.69, 9.17) is 25.8 Å². The van der Waals surface area contributed by atoms with Crippen molar-refractivity contribution >= 4 is 34.7 Å². The molecule has 0 radical (unpaired) electrons. The monoisotopic (exact) mass is 525 g/mol. The molecule has 2 aliphatic rings. The van der Waals surface area contributed by atoms with E-state index in [1.807, 2.05) is 37.3 Å². The Balaban J connectivity index is 1.10. The van der Waals surface area contributed by atoms with E-state index in [0.717, 1.165) is 35.6 Å². The van der Waals surface area contributed by atoms with Gasteiger partial charge in [-0.3, -0.25) is 4.79 Å². The molecule has 0 bridgehead atoms. The maximum absolute atomic E-state index is 12.7. The molecule has 188 valence electrons. The standard InChI is InChI=1S/C27H28ClN3O4S/c1-17(31-25(32)19-3-2-4-20(13-19)26-29-11-12-33-26)5-9-22-15-30-27(36-22)35-24-10-8-21(14-23(24)28)34-16-18-6-7-18/h2-4,8,10,13-15,17-18H,5-7,9,11-12,16H2,1H3,(H,31,32)/t17-/m0/s1. The predicted molar refractivity (Wildman–Crippen MR) is 141 cm³/mol. The molecule has 1 aromatic heterocycles. The number of rotatable bonds is 11. The average molecular weight is 526 g/mol. The summed E-state index contributed by atoms with van der Waals surface area (Å²) < 4.78 is 17.2. The van der Waals surface area contributed by atoms with Crippen LogP contribution in [0.2, 0.25) is 5.02 Å². The minimum atomic E-state index is -0.115. The Hall–Kier alpha value is -3.10. The van der Waals surface area contributed by atoms with Gasteiger partial charge in [0.2, 0.25) is 5.90 Å². The van der Waals surface area contributed by atoms with E-state index in [0.29, 0.717) is 46.5 Å². The number of hydrogen-bond acceptors (Lipinski definition) is 7. The highest BCUT2D eigenvalue weighted by atomic mass is 35.5. The van der Waals surface area contributed by atoms with E-state index in [2.05, 4.69) is 15.3 Å². The number of halogens is 1. The number of aryl methyl sites for hydroxylation is 1. The van der Waals surface area contributed by atoms with Gasteiger partial charge in [-0.1, -0.05) is 29.0 Å². The van der Waals surface area contributed by atoms with Crippen LogP contribution in [0.1, 0.15) is 47.0 Å². The summed E-state index contributed by atoms with van der Waals surface area (Å²) in [6, 6.07) is 12.8. The lowest BCUT2D eigenvalue weighted by Crippen LogP contribution is -2.32. The second-order valence-corrected chi connectivity index (χ2v) is 10.6. The highest BCUT2D eigenvalue weighted by molar-refractivity contribution is 7.13. The third kappa shape index (κ3) is 6.56. The van der Waals surface area contributed by atoms with Gasteiger partial charge in [0.05, 0.1) is 18.2 Å². The molecular weight excluding hydrogens is 498 g/mol. The zero-order valence-electron chi connectivity index (χ0n) is 20.0. The van der Waals surface area contributed by atoms with Crippen molar-refractivity contribution in [1.29, 1.82) is 0 Å². The summed E-state index contributed by atoms with van der Waals surface area (Å²) >= 11 is 7.86. The first kappa shape index (κ1) is 24.6. The zero-order valence-corrected chi connectivity index (χ0v) is 21.6. The van der Waals surface area contributed by atoms with E-state index in [1.165, 1.54) is 24.2 Å². The van der Waals surface area contributed by atoms with Crippen molar-refractivity contribution in [2.45, 2.75) is 38.6 Å². The lowest BCUT2D eigenvalue weighted by atomic mass is 10.1. The normalized spacial score (nSPS) is 15.7. The highest BCUT2D eigenvalue weighted by Crippen LogP contribution is 2.35. The Labute approximate surface area is 219 Å². The minimum Gasteiger partial charge on any atom is -0.493 e. The molecule has 0 saturated heterocycles. The Morgan fingerprint density at radius 3 is 2.94 bits per heavy atom. The van der Waals surface area contributed by atoms with Crippen LogP contribution in [0.5, 0.6) is 16.7 Å². The van der Waals surface area contributed by atoms with Gasteiger partial charge in [0.1, 0.15) is 18.1 Å². The van der Waals surface area contributed by atoms with Crippen molar-refractivity contribution in [3.63, 3.8) is 0 Å². The van der Waals surface area contributed by atoms with Gasteiger partial charge in [-0.25, -0.2) is 9.98 Å². The van der Waals surface area contributed by atoms with Crippen LogP contribution in [0.4, 0.5) is 0 Å². The molecular formula is C27H28ClN3O4S. The van der Waals surface area contributed by atoms with Gasteiger partial charge in [-0.2, -0.15) is 0 Å². The van der Waals surface area contributed by atoms with Gasteiger partial charge in [0.15, 0.2) is 0 Å². The van der Waals surface area contributed by atoms with Gasteiger partial charge in [-0.15, -0.1) is 0 Å². The molecule has 1 fully saturated rings. The third-order valence-electron chi connectivity index (χ3n) is 5.97. The second-order valence-electron chi connectivity index (χ2n) is 9.07. The van der Waals surface area contributed by atoms with Crippen LogP contribution in [0, 0.1) is 5.92 Å². The number of amides is 1. The third-order valence-corrected chi connectivity index (χ3v) is 7.20. The van der Waals surface area contributed by atoms with Gasteiger partial charge < -0.3 is 19.5 Å². The first-order chi connectivity index (χ1) is 17.5. The number of nitrogens with zero attached hydrogens (tertiary/aromatic N) is 2. The maximum atomic E-state index is 12.7. The number of aliphatic imine (C=N–C) groups is 1. The molecule has 1 atom stereocenters. The van der Waals surface area contributed by atoms with Gasteiger partial charge in [0, 0.05) is 34.3 Å². The number of aromatic nitrogens is 1. The number of carbonyl (C=O) groups is 1. The first-order valence-corrected chi connectivity index (χ1v) is 13.4. The SMILES string of the molecule is C[C@@H](CCc1cnc(Oc2ccc(OCC3CC3)cc2Cl)s1)NC(=O)c1cccc(C2=NCCO2)c1. The minimum absolute atomic E-state index is 0.00896. The number of ether oxygens (including phenoxy) is 3. The molecule has 36 heavy (non-hydrogen) atoms. The van der Waals surface area contributed by atoms with Crippen LogP contribution in [-0.2, 0) is 11.2 Å². The van der Waals surface area contributed by atoms with Gasteiger partial charge in [0.25, 0.3) is 11.1 Å². The number of carbonyl (C=O) groups excluding carboxylic acids is 1. The Kier molecular flexibility index (Phi) is 7.72. The molecule has 1 aliphatic carbocycles. The van der Waals surface area contributed by atoms with E-state index < -0.39 is 0 Å². The van der Waals surface area contributed by atoms with Crippen LogP contribution >= 0.6 is 22.9 Å². The number of nitrogens with one attached hydrogen (secondary N) is 1. The van der Waals surface area contributed by atoms with Crippen molar-refractivity contribution in [1.82, 2.24) is 10.3 Å². The summed E-state index contributed by atoms with van der Waals surface area (Å²) in [5.74, 6) is 2.47. The fourth-order valence-corrected chi connectivity index (χ4v) is 4.74. The van der Waals surface area contributed by atoms with Crippen LogP contribution < -0.4 is 14.8 Å². The van der Waals surface area contributed by atoms with Crippen molar-refractivity contribution in [3.05, 3.63) is 69.7 Å². The van der Waals surface area contributed by atoms with Crippen LogP contribution in [0.15, 0.2) is 53.7 Å². The fourth-order valence-electron chi connectivity index (χ4n) is 3.74. The first-order valence-electron chi connectivity index (χ1n) is 12.2. The quantitative estimate of drug-likeness (QED) is 0.337. The van der Waals surface area contributed by atoms with E-state index >= 15 is 0 Å². The zero-order chi connectivity index (χ0) is 24.9. The van der Waals surface area contributed by atoms with Crippen LogP contribution in [0.3, 0.4) is 0 Å². The molecule has 2 aromatic carbocycles. The molecule has 2 heterocycles. The van der Waals surface area contributed by atoms with Crippen LogP contribution in [-0.4, -0.2) is 42.6 Å². The topological polar surface area (TPSA) is 82.0 Å². The Morgan fingerprint density at radius 2 is 2.17 bits per heavy atom. The molecule has 0 spiro atoms. The smallest absolute Gasteiger partial charge is 0.278 e. The number of hydrogen-bond donors (Lipinski definition) is 1. The summed E-state index contributed by atoms with van der Waals surface area (Å²) in [6.45, 7) is 3.98. The summed E-state index contributed by atoms with van der Waals surface area (Å²) in [7, 11) is 0. The van der Waals surface area contributed by atoms with Crippen molar-refractivity contribution in [3.8, 4) is 16.7 Å². The van der Waals surface area contributed by atoms with Gasteiger partial charge in [-0.05, 0) is 68.9 Å². The van der Waals surface area contributed by atoms with E-state index in [1.54, 1.807) is 18.3 Å². The second kappa shape index (κ2) is 11.3. The molecule has 0 unspecified atom stereocenters. The molecule has 1 saturated carbocycles. The van der Waals surface area contributed by atoms with Crippen molar-refractivity contribution < 1.29 is 19.0 Å².